The molecule has 192 valence electrons. The van der Waals surface area contributed by atoms with Crippen molar-refractivity contribution in [2.24, 2.45) is 5.73 Å². The second-order valence-electron chi connectivity index (χ2n) is 7.72. The van der Waals surface area contributed by atoms with Gasteiger partial charge in [0.1, 0.15) is 0 Å². The molecule has 5 N–H and O–H groups in total. The lowest BCUT2D eigenvalue weighted by atomic mass is 10.2. The van der Waals surface area contributed by atoms with Crippen molar-refractivity contribution in [3.63, 3.8) is 0 Å². The van der Waals surface area contributed by atoms with Crippen molar-refractivity contribution in [2.45, 2.75) is 6.42 Å². The zero-order valence-electron chi connectivity index (χ0n) is 20.1. The molecule has 0 bridgehead atoms. The number of amides is 1. The molecule has 1 saturated heterocycles. The minimum atomic E-state index is -0.107. The highest BCUT2D eigenvalue weighted by atomic mass is 16.5. The molecule has 12 nitrogen and oxygen atoms in total. The van der Waals surface area contributed by atoms with E-state index in [9.17, 15) is 4.79 Å². The van der Waals surface area contributed by atoms with Gasteiger partial charge in [-0.15, -0.1) is 0 Å². The predicted octanol–water partition coefficient (Wildman–Crippen LogP) is 0.344. The number of carbonyl (C=O) groups is 1. The Kier molecular flexibility index (Phi) is 12.0. The summed E-state index contributed by atoms with van der Waals surface area (Å²) < 4.78 is 16.5. The van der Waals surface area contributed by atoms with Gasteiger partial charge in [0.25, 0.3) is 5.91 Å². The predicted molar refractivity (Wildman–Crippen MR) is 134 cm³/mol. The van der Waals surface area contributed by atoms with Gasteiger partial charge in [0.05, 0.1) is 39.6 Å². The van der Waals surface area contributed by atoms with Crippen molar-refractivity contribution in [3.8, 4) is 0 Å². The van der Waals surface area contributed by atoms with Crippen molar-refractivity contribution >= 4 is 23.8 Å². The number of aromatic nitrogens is 3. The summed E-state index contributed by atoms with van der Waals surface area (Å²) >= 11 is 0. The number of hydrogen-bond donors (Lipinski definition) is 4. The fourth-order valence-electron chi connectivity index (χ4n) is 3.22. The van der Waals surface area contributed by atoms with Crippen molar-refractivity contribution in [3.05, 3.63) is 35.9 Å². The molecule has 12 heteroatoms. The molecule has 1 fully saturated rings. The van der Waals surface area contributed by atoms with E-state index in [0.29, 0.717) is 89.2 Å². The van der Waals surface area contributed by atoms with Crippen LogP contribution in [-0.2, 0) is 14.2 Å². The fourth-order valence-corrected chi connectivity index (χ4v) is 3.22. The van der Waals surface area contributed by atoms with Gasteiger partial charge in [0.15, 0.2) is 0 Å². The van der Waals surface area contributed by atoms with E-state index in [1.807, 2.05) is 18.2 Å². The number of ether oxygens (including phenoxy) is 3. The minimum absolute atomic E-state index is 0.107. The Morgan fingerprint density at radius 1 is 0.914 bits per heavy atom. The summed E-state index contributed by atoms with van der Waals surface area (Å²) in [5, 5.41) is 9.22. The number of hydrogen-bond acceptors (Lipinski definition) is 11. The fraction of sp³-hybridized carbons (Fsp3) is 0.565. The number of carbonyl (C=O) groups excluding carboxylic acids is 1. The SMILES string of the molecule is NCCCNc1nc(NCCOCCOCCNC(=O)c2ccccc2)nc(N2CCOCC2)n1. The first-order chi connectivity index (χ1) is 17.3. The van der Waals surface area contributed by atoms with Gasteiger partial charge in [0, 0.05) is 38.3 Å². The van der Waals surface area contributed by atoms with Crippen LogP contribution in [0, 0.1) is 0 Å². The molecule has 1 aliphatic heterocycles. The van der Waals surface area contributed by atoms with Crippen molar-refractivity contribution in [1.29, 1.82) is 0 Å². The first-order valence-corrected chi connectivity index (χ1v) is 12.0. The van der Waals surface area contributed by atoms with Crippen LogP contribution in [0.1, 0.15) is 16.8 Å². The zero-order chi connectivity index (χ0) is 24.6. The quantitative estimate of drug-likeness (QED) is 0.242. The molecule has 0 radical (unpaired) electrons. The van der Waals surface area contributed by atoms with Gasteiger partial charge < -0.3 is 40.8 Å². The standard InChI is InChI=1S/C23H36N8O4/c24-7-4-8-26-21-28-22(30-23(29-21)31-11-15-35-16-12-31)27-10-14-34-18-17-33-13-9-25-20(32)19-5-2-1-3-6-19/h1-3,5-6H,4,7-18,24H2,(H,25,32)(H2,26,27,28,29,30). The second kappa shape index (κ2) is 15.8. The molecular weight excluding hydrogens is 452 g/mol. The van der Waals surface area contributed by atoms with Crippen LogP contribution in [0.3, 0.4) is 0 Å². The average molecular weight is 489 g/mol. The van der Waals surface area contributed by atoms with Gasteiger partial charge in [-0.2, -0.15) is 15.0 Å². The van der Waals surface area contributed by atoms with Crippen LogP contribution in [0.25, 0.3) is 0 Å². The molecule has 0 unspecified atom stereocenters. The molecule has 0 atom stereocenters. The van der Waals surface area contributed by atoms with E-state index in [0.717, 1.165) is 19.5 Å². The maximum absolute atomic E-state index is 11.9. The minimum Gasteiger partial charge on any atom is -0.378 e. The second-order valence-corrected chi connectivity index (χ2v) is 7.72. The maximum atomic E-state index is 11.9. The van der Waals surface area contributed by atoms with E-state index in [2.05, 4.69) is 35.8 Å². The molecule has 1 aliphatic rings. The summed E-state index contributed by atoms with van der Waals surface area (Å²) in [5.41, 5.74) is 6.21. The number of nitrogens with zero attached hydrogens (tertiary/aromatic N) is 4. The van der Waals surface area contributed by atoms with Crippen LogP contribution in [0.5, 0.6) is 0 Å². The molecule has 1 amide bonds. The van der Waals surface area contributed by atoms with Gasteiger partial charge in [-0.3, -0.25) is 4.79 Å². The van der Waals surface area contributed by atoms with Gasteiger partial charge in [-0.1, -0.05) is 18.2 Å². The summed E-state index contributed by atoms with van der Waals surface area (Å²) in [7, 11) is 0. The Hall–Kier alpha value is -3.06. The molecular formula is C23H36N8O4. The molecule has 2 aromatic rings. The van der Waals surface area contributed by atoms with E-state index < -0.39 is 0 Å². The lowest BCUT2D eigenvalue weighted by Crippen LogP contribution is -2.37. The highest BCUT2D eigenvalue weighted by molar-refractivity contribution is 5.94. The van der Waals surface area contributed by atoms with E-state index in [1.165, 1.54) is 0 Å². The van der Waals surface area contributed by atoms with E-state index in [4.69, 9.17) is 19.9 Å². The third-order valence-corrected chi connectivity index (χ3v) is 5.05. The van der Waals surface area contributed by atoms with Gasteiger partial charge in [-0.25, -0.2) is 0 Å². The van der Waals surface area contributed by atoms with E-state index >= 15 is 0 Å². The van der Waals surface area contributed by atoms with Crippen molar-refractivity contribution in [2.75, 3.05) is 94.4 Å². The molecule has 2 heterocycles. The summed E-state index contributed by atoms with van der Waals surface area (Å²) in [6.07, 6.45) is 0.830. The normalized spacial score (nSPS) is 13.5. The summed E-state index contributed by atoms with van der Waals surface area (Å²) in [5.74, 6) is 1.52. The van der Waals surface area contributed by atoms with Gasteiger partial charge in [-0.05, 0) is 25.1 Å². The molecule has 1 aromatic carbocycles. The average Bonchev–Trinajstić information content (AvgIpc) is 2.90. The highest BCUT2D eigenvalue weighted by Crippen LogP contribution is 2.15. The number of nitrogens with one attached hydrogen (secondary N) is 3. The van der Waals surface area contributed by atoms with Gasteiger partial charge >= 0.3 is 0 Å². The number of anilines is 3. The lowest BCUT2D eigenvalue weighted by molar-refractivity contribution is 0.0519. The van der Waals surface area contributed by atoms with Crippen molar-refractivity contribution < 1.29 is 19.0 Å². The van der Waals surface area contributed by atoms with E-state index in [-0.39, 0.29) is 5.91 Å². The Morgan fingerprint density at radius 2 is 1.57 bits per heavy atom. The Morgan fingerprint density at radius 3 is 2.26 bits per heavy atom. The zero-order valence-corrected chi connectivity index (χ0v) is 20.1. The van der Waals surface area contributed by atoms with Crippen LogP contribution in [0.2, 0.25) is 0 Å². The van der Waals surface area contributed by atoms with Crippen LogP contribution in [0.15, 0.2) is 30.3 Å². The van der Waals surface area contributed by atoms with Crippen LogP contribution >= 0.6 is 0 Å². The van der Waals surface area contributed by atoms with Crippen LogP contribution in [-0.4, -0.2) is 99.8 Å². The number of morpholine rings is 1. The number of nitrogens with two attached hydrogens (primary N) is 1. The third-order valence-electron chi connectivity index (χ3n) is 5.05. The molecule has 0 saturated carbocycles. The summed E-state index contributed by atoms with van der Waals surface area (Å²) in [6, 6.07) is 9.10. The highest BCUT2D eigenvalue weighted by Gasteiger charge is 2.16. The Bertz CT molecular complexity index is 868. The topological polar surface area (TPSA) is 149 Å². The molecule has 35 heavy (non-hydrogen) atoms. The first-order valence-electron chi connectivity index (χ1n) is 12.0. The van der Waals surface area contributed by atoms with E-state index in [1.54, 1.807) is 12.1 Å². The Balaban J connectivity index is 1.30. The van der Waals surface area contributed by atoms with Crippen LogP contribution < -0.4 is 26.6 Å². The first kappa shape index (κ1) is 26.5. The smallest absolute Gasteiger partial charge is 0.251 e. The molecule has 3 rings (SSSR count). The lowest BCUT2D eigenvalue weighted by Gasteiger charge is -2.27. The summed E-state index contributed by atoms with van der Waals surface area (Å²) in [4.78, 5) is 27.5. The third kappa shape index (κ3) is 9.99. The van der Waals surface area contributed by atoms with Gasteiger partial charge in [0.2, 0.25) is 17.8 Å². The summed E-state index contributed by atoms with van der Waals surface area (Å²) in [6.45, 7) is 6.88. The monoisotopic (exact) mass is 488 g/mol. The maximum Gasteiger partial charge on any atom is 0.251 e. The molecule has 0 spiro atoms. The molecule has 0 aliphatic carbocycles. The van der Waals surface area contributed by atoms with Crippen LogP contribution in [0.4, 0.5) is 17.8 Å². The largest absolute Gasteiger partial charge is 0.378 e. The van der Waals surface area contributed by atoms with Crippen molar-refractivity contribution in [1.82, 2.24) is 20.3 Å². The number of benzene rings is 1. The number of rotatable bonds is 16. The molecule has 1 aromatic heterocycles. The Labute approximate surface area is 206 Å².